The number of pyridine rings is 1. The zero-order valence-corrected chi connectivity index (χ0v) is 17.7. The van der Waals surface area contributed by atoms with Gasteiger partial charge in [-0.15, -0.1) is 0 Å². The van der Waals surface area contributed by atoms with Gasteiger partial charge >= 0.3 is 0 Å². The van der Waals surface area contributed by atoms with E-state index in [4.69, 9.17) is 4.74 Å². The van der Waals surface area contributed by atoms with Crippen molar-refractivity contribution in [2.75, 3.05) is 4.90 Å². The largest absolute Gasteiger partial charge is 0.490 e. The molecule has 2 aromatic rings. The number of sulfonamides is 1. The van der Waals surface area contributed by atoms with E-state index in [9.17, 15) is 18.0 Å². The molecule has 2 bridgehead atoms. The summed E-state index contributed by atoms with van der Waals surface area (Å²) in [4.78, 5) is 29.2. The first-order valence-corrected chi connectivity index (χ1v) is 11.9. The van der Waals surface area contributed by atoms with Gasteiger partial charge in [-0.3, -0.25) is 19.5 Å². The molecule has 3 fully saturated rings. The van der Waals surface area contributed by atoms with Gasteiger partial charge in [0, 0.05) is 50.2 Å². The number of carbonyl (C=O) groups is 2. The molecule has 3 aliphatic rings. The molecule has 2 unspecified atom stereocenters. The lowest BCUT2D eigenvalue weighted by Crippen LogP contribution is -2.49. The van der Waals surface area contributed by atoms with Gasteiger partial charge in [0.05, 0.1) is 10.6 Å². The first-order chi connectivity index (χ1) is 14.9. The van der Waals surface area contributed by atoms with Crippen molar-refractivity contribution in [1.82, 2.24) is 9.29 Å². The summed E-state index contributed by atoms with van der Waals surface area (Å²) in [6.07, 6.45) is 6.63. The lowest BCUT2D eigenvalue weighted by molar-refractivity contribution is -0.121. The van der Waals surface area contributed by atoms with E-state index in [1.807, 2.05) is 12.1 Å². The molecule has 1 aromatic heterocycles. The molecule has 162 valence electrons. The van der Waals surface area contributed by atoms with Crippen LogP contribution in [0.15, 0.2) is 53.7 Å². The summed E-state index contributed by atoms with van der Waals surface area (Å²) in [7, 11) is -3.68. The Labute approximate surface area is 180 Å². The predicted molar refractivity (Wildman–Crippen MR) is 112 cm³/mol. The maximum absolute atomic E-state index is 13.4. The molecule has 0 N–H and O–H groups in total. The highest BCUT2D eigenvalue weighted by atomic mass is 32.2. The molecular formula is C22H23N3O5S. The summed E-state index contributed by atoms with van der Waals surface area (Å²) in [5.41, 5.74) is 0.416. The molecule has 1 aromatic carbocycles. The predicted octanol–water partition coefficient (Wildman–Crippen LogP) is 2.50. The Morgan fingerprint density at radius 2 is 1.45 bits per heavy atom. The first kappa shape index (κ1) is 20.1. The highest BCUT2D eigenvalue weighted by Crippen LogP contribution is 2.41. The second kappa shape index (κ2) is 7.72. The maximum Gasteiger partial charge on any atom is 0.243 e. The monoisotopic (exact) mass is 441 g/mol. The smallest absolute Gasteiger partial charge is 0.243 e. The summed E-state index contributed by atoms with van der Waals surface area (Å²) in [5, 5.41) is 0. The summed E-state index contributed by atoms with van der Waals surface area (Å²) < 4.78 is 34.5. The van der Waals surface area contributed by atoms with Gasteiger partial charge in [0.2, 0.25) is 21.8 Å². The quantitative estimate of drug-likeness (QED) is 0.662. The van der Waals surface area contributed by atoms with Gasteiger partial charge in [0.1, 0.15) is 11.9 Å². The van der Waals surface area contributed by atoms with Crippen molar-refractivity contribution in [3.05, 3.63) is 48.8 Å². The van der Waals surface area contributed by atoms with Crippen LogP contribution in [0.5, 0.6) is 5.75 Å². The number of anilines is 1. The highest BCUT2D eigenvalue weighted by molar-refractivity contribution is 7.89. The number of aromatic nitrogens is 1. The van der Waals surface area contributed by atoms with Crippen molar-refractivity contribution in [3.8, 4) is 5.75 Å². The lowest BCUT2D eigenvalue weighted by Gasteiger charge is -2.37. The Hall–Kier alpha value is -2.78. The molecule has 9 heteroatoms. The second-order valence-corrected chi connectivity index (χ2v) is 10.1. The number of hydrogen-bond acceptors (Lipinski definition) is 6. The van der Waals surface area contributed by atoms with Gasteiger partial charge in [0.15, 0.2) is 0 Å². The number of hydrogen-bond donors (Lipinski definition) is 0. The molecule has 3 saturated heterocycles. The number of ether oxygens (including phenoxy) is 1. The second-order valence-electron chi connectivity index (χ2n) is 8.23. The minimum atomic E-state index is -3.68. The van der Waals surface area contributed by atoms with Crippen LogP contribution in [0.4, 0.5) is 5.69 Å². The van der Waals surface area contributed by atoms with Crippen molar-refractivity contribution < 1.29 is 22.7 Å². The van der Waals surface area contributed by atoms with Crippen LogP contribution in [0.3, 0.4) is 0 Å². The van der Waals surface area contributed by atoms with E-state index >= 15 is 0 Å². The zero-order valence-electron chi connectivity index (χ0n) is 16.9. The third-order valence-corrected chi connectivity index (χ3v) is 8.32. The molecule has 5 rings (SSSR count). The van der Waals surface area contributed by atoms with Crippen LogP contribution in [-0.4, -0.2) is 47.7 Å². The highest BCUT2D eigenvalue weighted by Gasteiger charge is 2.48. The normalized spacial score (nSPS) is 26.5. The molecule has 8 nitrogen and oxygen atoms in total. The fourth-order valence-electron chi connectivity index (χ4n) is 4.94. The van der Waals surface area contributed by atoms with Gasteiger partial charge < -0.3 is 4.74 Å². The average molecular weight is 442 g/mol. The van der Waals surface area contributed by atoms with E-state index in [-0.39, 0.29) is 47.7 Å². The van der Waals surface area contributed by atoms with Gasteiger partial charge in [-0.2, -0.15) is 4.31 Å². The van der Waals surface area contributed by atoms with Crippen LogP contribution in [0.25, 0.3) is 0 Å². The SMILES string of the molecule is O=C1CCC(=O)N1c1ccc(S(=O)(=O)N2C3CCC2CC(Oc2ccncc2)C3)cc1. The van der Waals surface area contributed by atoms with E-state index in [2.05, 4.69) is 4.98 Å². The Balaban J connectivity index is 1.33. The van der Waals surface area contributed by atoms with E-state index in [0.717, 1.165) is 23.5 Å². The summed E-state index contributed by atoms with van der Waals surface area (Å²) in [6.45, 7) is 0. The van der Waals surface area contributed by atoms with Crippen LogP contribution in [-0.2, 0) is 19.6 Å². The lowest BCUT2D eigenvalue weighted by atomic mass is 10.0. The van der Waals surface area contributed by atoms with E-state index in [1.54, 1.807) is 16.7 Å². The number of imide groups is 1. The fraction of sp³-hybridized carbons (Fsp3) is 0.409. The number of nitrogens with zero attached hydrogens (tertiary/aromatic N) is 3. The van der Waals surface area contributed by atoms with Gasteiger partial charge in [-0.25, -0.2) is 8.42 Å². The van der Waals surface area contributed by atoms with Gasteiger partial charge in [0.25, 0.3) is 0 Å². The molecule has 31 heavy (non-hydrogen) atoms. The van der Waals surface area contributed by atoms with Crippen molar-refractivity contribution in [2.24, 2.45) is 0 Å². The van der Waals surface area contributed by atoms with Crippen LogP contribution < -0.4 is 9.64 Å². The van der Waals surface area contributed by atoms with E-state index in [0.29, 0.717) is 18.5 Å². The fourth-order valence-corrected chi connectivity index (χ4v) is 6.83. The number of fused-ring (bicyclic) bond motifs is 2. The summed E-state index contributed by atoms with van der Waals surface area (Å²) in [5.74, 6) is 0.238. The maximum atomic E-state index is 13.4. The molecular weight excluding hydrogens is 418 g/mol. The van der Waals surface area contributed by atoms with Gasteiger partial charge in [-0.1, -0.05) is 0 Å². The summed E-state index contributed by atoms with van der Waals surface area (Å²) >= 11 is 0. The van der Waals surface area contributed by atoms with Gasteiger partial charge in [-0.05, 0) is 49.2 Å². The zero-order chi connectivity index (χ0) is 21.6. The number of rotatable bonds is 5. The number of amides is 2. The topological polar surface area (TPSA) is 96.9 Å². The molecule has 0 aliphatic carbocycles. The average Bonchev–Trinajstić information content (AvgIpc) is 3.25. The van der Waals surface area contributed by atoms with Crippen LogP contribution >= 0.6 is 0 Å². The Morgan fingerprint density at radius 3 is 2.03 bits per heavy atom. The van der Waals surface area contributed by atoms with Crippen molar-refractivity contribution in [3.63, 3.8) is 0 Å². The third kappa shape index (κ3) is 3.61. The van der Waals surface area contributed by atoms with E-state index in [1.165, 1.54) is 24.3 Å². The Kier molecular flexibility index (Phi) is 5.02. The molecule has 0 spiro atoms. The van der Waals surface area contributed by atoms with Crippen LogP contribution in [0.2, 0.25) is 0 Å². The number of carbonyl (C=O) groups excluding carboxylic acids is 2. The van der Waals surface area contributed by atoms with Crippen molar-refractivity contribution in [2.45, 2.75) is 61.6 Å². The van der Waals surface area contributed by atoms with Crippen molar-refractivity contribution >= 4 is 27.5 Å². The third-order valence-electron chi connectivity index (χ3n) is 6.30. The Morgan fingerprint density at radius 1 is 0.871 bits per heavy atom. The van der Waals surface area contributed by atoms with E-state index < -0.39 is 10.0 Å². The Bertz CT molecular complexity index is 1070. The first-order valence-electron chi connectivity index (χ1n) is 10.5. The molecule has 2 atom stereocenters. The minimum absolute atomic E-state index is 0.0269. The molecule has 2 amide bonds. The minimum Gasteiger partial charge on any atom is -0.490 e. The van der Waals surface area contributed by atoms with Crippen LogP contribution in [0, 0.1) is 0 Å². The van der Waals surface area contributed by atoms with Crippen LogP contribution in [0.1, 0.15) is 38.5 Å². The molecule has 0 saturated carbocycles. The number of piperidine rings is 1. The molecule has 0 radical (unpaired) electrons. The summed E-state index contributed by atoms with van der Waals surface area (Å²) in [6, 6.07) is 9.47. The van der Waals surface area contributed by atoms with Crippen molar-refractivity contribution in [1.29, 1.82) is 0 Å². The number of benzene rings is 1. The molecule has 4 heterocycles. The molecule has 3 aliphatic heterocycles. The standard InChI is InChI=1S/C22H23N3O5S/c26-21-7-8-22(27)24(21)15-3-5-20(6-4-15)31(28,29)25-16-1-2-17(25)14-19(13-16)30-18-9-11-23-12-10-18/h3-6,9-12,16-17,19H,1-2,7-8,13-14H2.